The van der Waals surface area contributed by atoms with Crippen LogP contribution in [-0.2, 0) is 23.7 Å². The summed E-state index contributed by atoms with van der Waals surface area (Å²) in [6.45, 7) is 18.4. The highest BCUT2D eigenvalue weighted by molar-refractivity contribution is 5.72. The third kappa shape index (κ3) is 12.3. The lowest BCUT2D eigenvalue weighted by atomic mass is 10.1. The van der Waals surface area contributed by atoms with Crippen molar-refractivity contribution >= 4 is 24.4 Å². The molecule has 0 saturated carbocycles. The molecule has 0 bridgehead atoms. The third-order valence-electron chi connectivity index (χ3n) is 4.75. The number of carbonyl (C=O) groups excluding carboxylic acids is 4. The molecule has 2 saturated heterocycles. The molecule has 0 aromatic rings. The second-order valence-corrected chi connectivity index (χ2v) is 11.3. The van der Waals surface area contributed by atoms with E-state index in [0.29, 0.717) is 6.54 Å². The van der Waals surface area contributed by atoms with Crippen LogP contribution in [0.2, 0.25) is 0 Å². The molecule has 2 heterocycles. The van der Waals surface area contributed by atoms with Crippen molar-refractivity contribution < 1.29 is 48.0 Å². The van der Waals surface area contributed by atoms with Crippen LogP contribution in [0.25, 0.3) is 0 Å². The minimum Gasteiger partial charge on any atom is -0.444 e. The van der Waals surface area contributed by atoms with Gasteiger partial charge in [0.25, 0.3) is 0 Å². The minimum atomic E-state index is -1.18. The Hall–Kier alpha value is -3.52. The van der Waals surface area contributed by atoms with Crippen molar-refractivity contribution in [3.05, 3.63) is 24.6 Å². The summed E-state index contributed by atoms with van der Waals surface area (Å²) in [5.74, 6) is 0. The Morgan fingerprint density at radius 3 is 1.97 bits per heavy atom. The van der Waals surface area contributed by atoms with Crippen molar-refractivity contribution in [2.75, 3.05) is 34.2 Å². The van der Waals surface area contributed by atoms with E-state index in [9.17, 15) is 24.3 Å². The first-order valence-corrected chi connectivity index (χ1v) is 12.2. The molecule has 4 atom stereocenters. The molecule has 3 amide bonds. The van der Waals surface area contributed by atoms with Crippen LogP contribution in [-0.4, -0.2) is 109 Å². The molecule has 14 nitrogen and oxygen atoms in total. The summed E-state index contributed by atoms with van der Waals surface area (Å²) in [5, 5.41) is 14.7. The summed E-state index contributed by atoms with van der Waals surface area (Å²) in [5.41, 5.74) is -0.995. The summed E-state index contributed by atoms with van der Waals surface area (Å²) in [6.07, 6.45) is -5.81. The van der Waals surface area contributed by atoms with Gasteiger partial charge >= 0.3 is 24.4 Å². The first kappa shape index (κ1) is 33.5. The maximum absolute atomic E-state index is 11.7. The van der Waals surface area contributed by atoms with E-state index in [1.165, 1.54) is 4.90 Å². The highest BCUT2D eigenvalue weighted by Crippen LogP contribution is 2.21. The normalized spacial score (nSPS) is 21.5. The molecule has 14 heteroatoms. The molecule has 2 aliphatic rings. The van der Waals surface area contributed by atoms with Crippen LogP contribution >= 0.6 is 0 Å². The Labute approximate surface area is 229 Å². The minimum absolute atomic E-state index is 0.0300. The lowest BCUT2D eigenvalue weighted by Gasteiger charge is -2.23. The van der Waals surface area contributed by atoms with Crippen molar-refractivity contribution in [3.63, 3.8) is 0 Å². The second kappa shape index (κ2) is 13.5. The zero-order valence-electron chi connectivity index (χ0n) is 24.2. The Morgan fingerprint density at radius 1 is 1.03 bits per heavy atom. The van der Waals surface area contributed by atoms with Crippen LogP contribution in [0.15, 0.2) is 24.6 Å². The monoisotopic (exact) mass is 558 g/mol. The van der Waals surface area contributed by atoms with Crippen LogP contribution < -0.4 is 10.6 Å². The van der Waals surface area contributed by atoms with Gasteiger partial charge in [0.2, 0.25) is 0 Å². The number of ether oxygens (including phenoxy) is 5. The van der Waals surface area contributed by atoms with E-state index in [0.717, 1.165) is 0 Å². The largest absolute Gasteiger partial charge is 0.509 e. The topological polar surface area (TPSA) is 165 Å². The molecule has 0 radical (unpaired) electrons. The number of hydrogen-bond donors (Lipinski definition) is 3. The van der Waals surface area contributed by atoms with Crippen LogP contribution in [0.3, 0.4) is 0 Å². The number of amides is 3. The smallest absolute Gasteiger partial charge is 0.444 e. The Kier molecular flexibility index (Phi) is 11.6. The standard InChI is InChI=1S/C13H22N2O5.C12H20N2O5/c1-8(14-11(16)20-13(2,3)4)10-9(7-15(5)6)18-12(17)19-10;1-7(13-10(16)19-12(2,3)4)9(15)8-6-14(5)11(17)18-8/h9-10H,1,7H2,2-6H3,(H,14,16);8-9,15H,1,6H2,2-5H3,(H,13,16). The number of likely N-dealkylation sites (N-methyl/N-ethyl adjacent to an activating group) is 2. The van der Waals surface area contributed by atoms with E-state index in [1.54, 1.807) is 48.6 Å². The Bertz CT molecular complexity index is 938. The summed E-state index contributed by atoms with van der Waals surface area (Å²) >= 11 is 0. The first-order chi connectivity index (χ1) is 17.7. The van der Waals surface area contributed by atoms with Gasteiger partial charge in [-0.2, -0.15) is 0 Å². The number of cyclic esters (lactones) is 3. The fourth-order valence-corrected chi connectivity index (χ4v) is 3.19. The number of nitrogens with one attached hydrogen (secondary N) is 2. The van der Waals surface area contributed by atoms with Crippen LogP contribution in [0.1, 0.15) is 41.5 Å². The highest BCUT2D eigenvalue weighted by Gasteiger charge is 2.40. The molecular weight excluding hydrogens is 516 g/mol. The van der Waals surface area contributed by atoms with Crippen molar-refractivity contribution in [2.45, 2.75) is 77.2 Å². The molecule has 0 aliphatic carbocycles. The van der Waals surface area contributed by atoms with Crippen molar-refractivity contribution in [1.82, 2.24) is 20.4 Å². The third-order valence-corrected chi connectivity index (χ3v) is 4.75. The van der Waals surface area contributed by atoms with E-state index in [2.05, 4.69) is 23.8 Å². The maximum Gasteiger partial charge on any atom is 0.509 e. The summed E-state index contributed by atoms with van der Waals surface area (Å²) in [7, 11) is 5.24. The second-order valence-electron chi connectivity index (χ2n) is 11.3. The molecule has 0 aromatic carbocycles. The van der Waals surface area contributed by atoms with Crippen molar-refractivity contribution in [1.29, 1.82) is 0 Å². The van der Waals surface area contributed by atoms with E-state index < -0.39 is 60.1 Å². The SMILES string of the molecule is C=C(NC(=O)OC(C)(C)C)C(O)C1CN(C)C(=O)O1.C=C(NC(=O)OC(C)(C)C)C1OC(=O)OC1CN(C)C. The van der Waals surface area contributed by atoms with E-state index >= 15 is 0 Å². The molecule has 0 aromatic heterocycles. The lowest BCUT2D eigenvalue weighted by molar-refractivity contribution is 0.0391. The van der Waals surface area contributed by atoms with Crippen LogP contribution in [0.4, 0.5) is 19.2 Å². The number of alkyl carbamates (subject to hydrolysis) is 2. The van der Waals surface area contributed by atoms with Gasteiger partial charge in [-0.15, -0.1) is 0 Å². The van der Waals surface area contributed by atoms with Gasteiger partial charge < -0.3 is 38.6 Å². The van der Waals surface area contributed by atoms with Crippen molar-refractivity contribution in [2.24, 2.45) is 0 Å². The molecule has 222 valence electrons. The van der Waals surface area contributed by atoms with Gasteiger partial charge in [-0.25, -0.2) is 19.2 Å². The summed E-state index contributed by atoms with van der Waals surface area (Å²) in [6, 6.07) is 0. The van der Waals surface area contributed by atoms with E-state index in [-0.39, 0.29) is 17.9 Å². The van der Waals surface area contributed by atoms with Crippen LogP contribution in [0.5, 0.6) is 0 Å². The quantitative estimate of drug-likeness (QED) is 0.310. The zero-order chi connectivity index (χ0) is 30.3. The molecule has 3 N–H and O–H groups in total. The molecule has 4 unspecified atom stereocenters. The average Bonchev–Trinajstić information content (AvgIpc) is 3.25. The number of rotatable bonds is 7. The van der Waals surface area contributed by atoms with Gasteiger partial charge in [-0.3, -0.25) is 10.6 Å². The van der Waals surface area contributed by atoms with Gasteiger partial charge in [-0.1, -0.05) is 13.2 Å². The van der Waals surface area contributed by atoms with Gasteiger partial charge in [0.1, 0.15) is 17.3 Å². The van der Waals surface area contributed by atoms with Gasteiger partial charge in [-0.05, 0) is 55.6 Å². The average molecular weight is 559 g/mol. The molecule has 0 spiro atoms. The molecule has 2 aliphatic heterocycles. The van der Waals surface area contributed by atoms with Gasteiger partial charge in [0.15, 0.2) is 18.3 Å². The lowest BCUT2D eigenvalue weighted by Crippen LogP contribution is -2.41. The highest BCUT2D eigenvalue weighted by atomic mass is 16.8. The van der Waals surface area contributed by atoms with Crippen LogP contribution in [0, 0.1) is 0 Å². The van der Waals surface area contributed by atoms with Gasteiger partial charge in [0, 0.05) is 19.3 Å². The molecular formula is C25H42N4O10. The fourth-order valence-electron chi connectivity index (χ4n) is 3.19. The number of nitrogens with zero attached hydrogens (tertiary/aromatic N) is 2. The first-order valence-electron chi connectivity index (χ1n) is 12.2. The summed E-state index contributed by atoms with van der Waals surface area (Å²) in [4.78, 5) is 48.7. The maximum atomic E-state index is 11.7. The molecule has 2 fully saturated rings. The zero-order valence-corrected chi connectivity index (χ0v) is 24.2. The predicted molar refractivity (Wildman–Crippen MR) is 140 cm³/mol. The Morgan fingerprint density at radius 2 is 1.54 bits per heavy atom. The number of hydrogen-bond acceptors (Lipinski definition) is 11. The number of carbonyl (C=O) groups is 4. The van der Waals surface area contributed by atoms with Gasteiger partial charge in [0.05, 0.1) is 12.2 Å². The fraction of sp³-hybridized carbons (Fsp3) is 0.680. The van der Waals surface area contributed by atoms with Crippen molar-refractivity contribution in [3.8, 4) is 0 Å². The van der Waals surface area contributed by atoms with E-state index in [4.69, 9.17) is 23.7 Å². The molecule has 2 rings (SSSR count). The molecule has 39 heavy (non-hydrogen) atoms. The predicted octanol–water partition coefficient (Wildman–Crippen LogP) is 2.33. The summed E-state index contributed by atoms with van der Waals surface area (Å²) < 4.78 is 25.1. The number of aliphatic hydroxyl groups excluding tert-OH is 1. The Balaban J connectivity index is 0.000000391. The number of aliphatic hydroxyl groups is 1. The van der Waals surface area contributed by atoms with E-state index in [1.807, 2.05) is 19.0 Å².